The molecule has 1 aromatic carbocycles. The van der Waals surface area contributed by atoms with Crippen LogP contribution in [-0.2, 0) is 6.42 Å². The number of aromatic nitrogens is 2. The number of imidazole rings is 1. The molecule has 0 spiro atoms. The molecule has 0 saturated carbocycles. The molecule has 0 aliphatic carbocycles. The predicted octanol–water partition coefficient (Wildman–Crippen LogP) is 2.90. The smallest absolute Gasteiger partial charge is 0.406 e. The Labute approximate surface area is 95.3 Å². The third-order valence-electron chi connectivity index (χ3n) is 2.06. The molecule has 17 heavy (non-hydrogen) atoms. The monoisotopic (exact) mass is 242 g/mol. The Kier molecular flexibility index (Phi) is 3.03. The van der Waals surface area contributed by atoms with Crippen molar-refractivity contribution < 1.29 is 17.9 Å². The molecular weight excluding hydrogens is 233 g/mol. The van der Waals surface area contributed by atoms with Gasteiger partial charge < -0.3 is 9.72 Å². The molecule has 2 aromatic rings. The molecule has 1 N–H and O–H groups in total. The Morgan fingerprint density at radius 2 is 2.12 bits per heavy atom. The van der Waals surface area contributed by atoms with Crippen molar-refractivity contribution >= 4 is 0 Å². The zero-order chi connectivity index (χ0) is 12.3. The van der Waals surface area contributed by atoms with E-state index in [0.717, 1.165) is 0 Å². The van der Waals surface area contributed by atoms with E-state index in [1.807, 2.05) is 0 Å². The van der Waals surface area contributed by atoms with E-state index in [4.69, 9.17) is 0 Å². The average molecular weight is 242 g/mol. The van der Waals surface area contributed by atoms with Crippen molar-refractivity contribution in [1.82, 2.24) is 9.97 Å². The molecule has 0 saturated heterocycles. The Bertz CT molecular complexity index is 480. The average Bonchev–Trinajstić information content (AvgIpc) is 2.68. The number of hydrogen-bond donors (Lipinski definition) is 1. The molecule has 0 aliphatic rings. The summed E-state index contributed by atoms with van der Waals surface area (Å²) in [6, 6.07) is 5.83. The van der Waals surface area contributed by atoms with Gasteiger partial charge in [0.25, 0.3) is 0 Å². The first kappa shape index (κ1) is 11.5. The molecule has 1 heterocycles. The number of rotatable bonds is 3. The van der Waals surface area contributed by atoms with Crippen LogP contribution in [0.15, 0.2) is 36.7 Å². The molecule has 0 bridgehead atoms. The summed E-state index contributed by atoms with van der Waals surface area (Å²) < 4.78 is 39.9. The highest BCUT2D eigenvalue weighted by Crippen LogP contribution is 2.23. The molecule has 3 nitrogen and oxygen atoms in total. The molecule has 2 rings (SSSR count). The molecule has 1 aromatic heterocycles. The summed E-state index contributed by atoms with van der Waals surface area (Å²) in [6.07, 6.45) is -0.984. The van der Waals surface area contributed by atoms with E-state index < -0.39 is 6.36 Å². The van der Waals surface area contributed by atoms with Crippen LogP contribution in [0.4, 0.5) is 13.2 Å². The molecule has 90 valence electrons. The maximum absolute atomic E-state index is 12.0. The van der Waals surface area contributed by atoms with E-state index in [1.54, 1.807) is 18.5 Å². The van der Waals surface area contributed by atoms with E-state index in [9.17, 15) is 13.2 Å². The van der Waals surface area contributed by atoms with Gasteiger partial charge in [0.2, 0.25) is 0 Å². The number of ether oxygens (including phenoxy) is 1. The van der Waals surface area contributed by atoms with Gasteiger partial charge in [0.15, 0.2) is 0 Å². The van der Waals surface area contributed by atoms with Crippen LogP contribution in [0.3, 0.4) is 0 Å². The highest BCUT2D eigenvalue weighted by molar-refractivity contribution is 5.30. The van der Waals surface area contributed by atoms with Gasteiger partial charge in [-0.25, -0.2) is 4.98 Å². The molecule has 6 heteroatoms. The topological polar surface area (TPSA) is 37.9 Å². The van der Waals surface area contributed by atoms with Crippen molar-refractivity contribution in [2.24, 2.45) is 0 Å². The highest BCUT2D eigenvalue weighted by atomic mass is 19.4. The lowest BCUT2D eigenvalue weighted by molar-refractivity contribution is -0.274. The maximum atomic E-state index is 12.0. The molecule has 0 fully saturated rings. The summed E-state index contributed by atoms with van der Waals surface area (Å²) in [6.45, 7) is 0. The number of H-pyrrole nitrogens is 1. The van der Waals surface area contributed by atoms with Crippen LogP contribution in [0, 0.1) is 0 Å². The van der Waals surface area contributed by atoms with Gasteiger partial charge in [-0.2, -0.15) is 0 Å². The van der Waals surface area contributed by atoms with Crippen LogP contribution in [0.2, 0.25) is 0 Å². The lowest BCUT2D eigenvalue weighted by Gasteiger charge is -2.09. The van der Waals surface area contributed by atoms with Crippen molar-refractivity contribution in [2.45, 2.75) is 12.8 Å². The number of hydrogen-bond acceptors (Lipinski definition) is 2. The summed E-state index contributed by atoms with van der Waals surface area (Å²) in [7, 11) is 0. The molecule has 0 radical (unpaired) electrons. The Hall–Kier alpha value is -1.98. The second-order valence-electron chi connectivity index (χ2n) is 3.41. The highest BCUT2D eigenvalue weighted by Gasteiger charge is 2.31. The summed E-state index contributed by atoms with van der Waals surface area (Å²) in [5, 5.41) is 0. The summed E-state index contributed by atoms with van der Waals surface area (Å²) >= 11 is 0. The SMILES string of the molecule is FC(F)(F)Oc1cccc(Cc2ncc[nH]2)c1. The van der Waals surface area contributed by atoms with Gasteiger partial charge in [0.1, 0.15) is 11.6 Å². The summed E-state index contributed by atoms with van der Waals surface area (Å²) in [5.41, 5.74) is 0.696. The van der Waals surface area contributed by atoms with Crippen LogP contribution in [0.25, 0.3) is 0 Å². The number of halogens is 3. The van der Waals surface area contributed by atoms with E-state index in [0.29, 0.717) is 17.8 Å². The van der Waals surface area contributed by atoms with Gasteiger partial charge in [-0.15, -0.1) is 13.2 Å². The molecule has 0 atom stereocenters. The van der Waals surface area contributed by atoms with Crippen molar-refractivity contribution in [3.05, 3.63) is 48.0 Å². The molecular formula is C11H9F3N2O. The molecule has 0 aliphatic heterocycles. The normalized spacial score (nSPS) is 11.5. The second-order valence-corrected chi connectivity index (χ2v) is 3.41. The Balaban J connectivity index is 2.12. The lowest BCUT2D eigenvalue weighted by Crippen LogP contribution is -2.17. The van der Waals surface area contributed by atoms with Gasteiger partial charge in [-0.1, -0.05) is 12.1 Å². The Morgan fingerprint density at radius 3 is 2.76 bits per heavy atom. The van der Waals surface area contributed by atoms with Gasteiger partial charge in [-0.05, 0) is 17.7 Å². The number of benzene rings is 1. The molecule has 0 unspecified atom stereocenters. The fraction of sp³-hybridized carbons (Fsp3) is 0.182. The third-order valence-corrected chi connectivity index (χ3v) is 2.06. The number of aromatic amines is 1. The fourth-order valence-electron chi connectivity index (χ4n) is 1.44. The largest absolute Gasteiger partial charge is 0.573 e. The van der Waals surface area contributed by atoms with Crippen molar-refractivity contribution in [2.75, 3.05) is 0 Å². The van der Waals surface area contributed by atoms with Gasteiger partial charge in [0, 0.05) is 18.8 Å². The van der Waals surface area contributed by atoms with E-state index in [2.05, 4.69) is 14.7 Å². The minimum atomic E-state index is -4.66. The van der Waals surface area contributed by atoms with Crippen molar-refractivity contribution in [1.29, 1.82) is 0 Å². The van der Waals surface area contributed by atoms with E-state index in [-0.39, 0.29) is 5.75 Å². The van der Waals surface area contributed by atoms with Gasteiger partial charge >= 0.3 is 6.36 Å². The zero-order valence-corrected chi connectivity index (χ0v) is 8.66. The van der Waals surface area contributed by atoms with Crippen molar-refractivity contribution in [3.8, 4) is 5.75 Å². The number of nitrogens with zero attached hydrogens (tertiary/aromatic N) is 1. The summed E-state index contributed by atoms with van der Waals surface area (Å²) in [5.74, 6) is 0.468. The second kappa shape index (κ2) is 4.48. The first-order valence-corrected chi connectivity index (χ1v) is 4.86. The molecule has 0 amide bonds. The predicted molar refractivity (Wildman–Crippen MR) is 54.5 cm³/mol. The summed E-state index contributed by atoms with van der Waals surface area (Å²) in [4.78, 5) is 6.88. The van der Waals surface area contributed by atoms with Crippen molar-refractivity contribution in [3.63, 3.8) is 0 Å². The standard InChI is InChI=1S/C11H9F3N2O/c12-11(13,14)17-9-3-1-2-8(6-9)7-10-15-4-5-16-10/h1-6H,7H2,(H,15,16). The van der Waals surface area contributed by atoms with Crippen LogP contribution < -0.4 is 4.74 Å². The van der Waals surface area contributed by atoms with E-state index in [1.165, 1.54) is 18.2 Å². The van der Waals surface area contributed by atoms with Crippen LogP contribution in [0.1, 0.15) is 11.4 Å². The zero-order valence-electron chi connectivity index (χ0n) is 8.66. The number of nitrogens with one attached hydrogen (secondary N) is 1. The quantitative estimate of drug-likeness (QED) is 0.898. The van der Waals surface area contributed by atoms with Gasteiger partial charge in [-0.3, -0.25) is 0 Å². The van der Waals surface area contributed by atoms with Gasteiger partial charge in [0.05, 0.1) is 0 Å². The van der Waals surface area contributed by atoms with E-state index >= 15 is 0 Å². The van der Waals surface area contributed by atoms with Crippen LogP contribution in [-0.4, -0.2) is 16.3 Å². The van der Waals surface area contributed by atoms with Crippen LogP contribution >= 0.6 is 0 Å². The fourth-order valence-corrected chi connectivity index (χ4v) is 1.44. The Morgan fingerprint density at radius 1 is 1.29 bits per heavy atom. The first-order chi connectivity index (χ1) is 8.03. The minimum absolute atomic E-state index is 0.221. The third kappa shape index (κ3) is 3.51. The minimum Gasteiger partial charge on any atom is -0.406 e. The lowest BCUT2D eigenvalue weighted by atomic mass is 10.1. The first-order valence-electron chi connectivity index (χ1n) is 4.86. The number of alkyl halides is 3. The van der Waals surface area contributed by atoms with Crippen LogP contribution in [0.5, 0.6) is 5.75 Å². The maximum Gasteiger partial charge on any atom is 0.573 e.